The lowest BCUT2D eigenvalue weighted by molar-refractivity contribution is -0.122. The van der Waals surface area contributed by atoms with Gasteiger partial charge in [0.25, 0.3) is 0 Å². The fraction of sp³-hybridized carbons (Fsp3) is 0.250. The molecule has 2 aromatic carbocycles. The number of hydrogen-bond donors (Lipinski definition) is 2. The summed E-state index contributed by atoms with van der Waals surface area (Å²) in [5.41, 5.74) is 0.816. The van der Waals surface area contributed by atoms with Crippen molar-refractivity contribution in [3.05, 3.63) is 66.0 Å². The molecule has 0 radical (unpaired) electrons. The first-order valence-corrected chi connectivity index (χ1v) is 11.4. The minimum Gasteiger partial charge on any atom is -0.344 e. The number of benzene rings is 2. The van der Waals surface area contributed by atoms with Crippen LogP contribution in [0, 0.1) is 17.7 Å². The highest BCUT2D eigenvalue weighted by Gasteiger charge is 2.27. The van der Waals surface area contributed by atoms with Gasteiger partial charge in [-0.1, -0.05) is 42.2 Å². The molecule has 1 amide bonds. The van der Waals surface area contributed by atoms with Crippen molar-refractivity contribution in [3.8, 4) is 11.8 Å². The van der Waals surface area contributed by atoms with E-state index >= 15 is 0 Å². The Balaban J connectivity index is 2.05. The van der Waals surface area contributed by atoms with Crippen molar-refractivity contribution in [2.45, 2.75) is 17.4 Å². The number of sulfonamides is 1. The van der Waals surface area contributed by atoms with Crippen LogP contribution in [-0.2, 0) is 14.8 Å². The Morgan fingerprint density at radius 2 is 1.82 bits per heavy atom. The first-order chi connectivity index (χ1) is 13.4. The van der Waals surface area contributed by atoms with Gasteiger partial charge in [-0.3, -0.25) is 4.79 Å². The van der Waals surface area contributed by atoms with E-state index in [0.717, 1.165) is 17.7 Å². The largest absolute Gasteiger partial charge is 0.344 e. The fourth-order valence-electron chi connectivity index (χ4n) is 2.31. The molecule has 2 aromatic rings. The summed E-state index contributed by atoms with van der Waals surface area (Å²) in [6.45, 7) is 0.0743. The monoisotopic (exact) mass is 420 g/mol. The summed E-state index contributed by atoms with van der Waals surface area (Å²) in [5, 5.41) is 2.61. The Kier molecular flexibility index (Phi) is 8.51. The second kappa shape index (κ2) is 10.9. The van der Waals surface area contributed by atoms with Crippen LogP contribution in [0.2, 0.25) is 0 Å². The molecule has 1 atom stereocenters. The Morgan fingerprint density at radius 3 is 2.50 bits per heavy atom. The van der Waals surface area contributed by atoms with Gasteiger partial charge in [-0.2, -0.15) is 16.5 Å². The van der Waals surface area contributed by atoms with Crippen molar-refractivity contribution >= 4 is 27.7 Å². The van der Waals surface area contributed by atoms with E-state index in [1.165, 1.54) is 23.9 Å². The summed E-state index contributed by atoms with van der Waals surface area (Å²) in [4.78, 5) is 12.0. The topological polar surface area (TPSA) is 75.3 Å². The van der Waals surface area contributed by atoms with Gasteiger partial charge in [0.15, 0.2) is 0 Å². The highest BCUT2D eigenvalue weighted by atomic mass is 32.2. The molecule has 0 bridgehead atoms. The minimum absolute atomic E-state index is 0.0743. The van der Waals surface area contributed by atoms with Crippen LogP contribution in [0.3, 0.4) is 0 Å². The molecule has 0 aliphatic carbocycles. The van der Waals surface area contributed by atoms with Crippen LogP contribution < -0.4 is 10.0 Å². The number of hydrogen-bond acceptors (Lipinski definition) is 4. The predicted octanol–water partition coefficient (Wildman–Crippen LogP) is 2.39. The van der Waals surface area contributed by atoms with Crippen molar-refractivity contribution in [2.24, 2.45) is 0 Å². The Hall–Kier alpha value is -2.34. The fourth-order valence-corrected chi connectivity index (χ4v) is 4.10. The normalized spacial score (nSPS) is 11.9. The zero-order valence-electron chi connectivity index (χ0n) is 15.3. The standard InChI is InChI=1S/C20H21FN2O3S2/c1-27-15-13-18(23-28(25,26)19-12-6-5-11-17(19)21)20(24)22-14-7-10-16-8-3-2-4-9-16/h2-6,8-9,11-12,18,23H,13-15H2,1H3,(H,22,24)/t18-/m1/s1. The molecule has 2 rings (SSSR count). The molecule has 0 spiro atoms. The van der Waals surface area contributed by atoms with Crippen molar-refractivity contribution in [2.75, 3.05) is 18.6 Å². The molecule has 2 N–H and O–H groups in total. The van der Waals surface area contributed by atoms with Crippen LogP contribution in [-0.4, -0.2) is 38.9 Å². The van der Waals surface area contributed by atoms with E-state index in [1.807, 2.05) is 36.6 Å². The van der Waals surface area contributed by atoms with Gasteiger partial charge in [0.2, 0.25) is 15.9 Å². The zero-order valence-corrected chi connectivity index (χ0v) is 16.9. The lowest BCUT2D eigenvalue weighted by Gasteiger charge is -2.17. The molecule has 0 saturated carbocycles. The molecule has 0 aliphatic rings. The zero-order chi connectivity index (χ0) is 20.4. The first kappa shape index (κ1) is 22.0. The quantitative estimate of drug-likeness (QED) is 0.643. The number of carbonyl (C=O) groups excluding carboxylic acids is 1. The van der Waals surface area contributed by atoms with Crippen molar-refractivity contribution < 1.29 is 17.6 Å². The summed E-state index contributed by atoms with van der Waals surface area (Å²) < 4.78 is 41.1. The molecule has 0 aromatic heterocycles. The summed E-state index contributed by atoms with van der Waals surface area (Å²) in [7, 11) is -4.17. The van der Waals surface area contributed by atoms with E-state index in [0.29, 0.717) is 5.75 Å². The van der Waals surface area contributed by atoms with Crippen LogP contribution in [0.5, 0.6) is 0 Å². The number of halogens is 1. The van der Waals surface area contributed by atoms with Crippen LogP contribution in [0.4, 0.5) is 4.39 Å². The van der Waals surface area contributed by atoms with Gasteiger partial charge in [-0.25, -0.2) is 12.8 Å². The number of carbonyl (C=O) groups is 1. The number of rotatable bonds is 8. The van der Waals surface area contributed by atoms with Crippen molar-refractivity contribution in [3.63, 3.8) is 0 Å². The second-order valence-electron chi connectivity index (χ2n) is 5.77. The number of thioether (sulfide) groups is 1. The third-order valence-corrected chi connectivity index (χ3v) is 5.86. The maximum absolute atomic E-state index is 13.9. The predicted molar refractivity (Wildman–Crippen MR) is 110 cm³/mol. The van der Waals surface area contributed by atoms with Crippen LogP contribution in [0.25, 0.3) is 0 Å². The molecular formula is C20H21FN2O3S2. The second-order valence-corrected chi connectivity index (χ2v) is 8.44. The molecule has 0 heterocycles. The van der Waals surface area contributed by atoms with Crippen LogP contribution in [0.1, 0.15) is 12.0 Å². The Morgan fingerprint density at radius 1 is 1.14 bits per heavy atom. The summed E-state index contributed by atoms with van der Waals surface area (Å²) >= 11 is 1.48. The van der Waals surface area contributed by atoms with E-state index in [4.69, 9.17) is 0 Å². The molecule has 28 heavy (non-hydrogen) atoms. The molecule has 148 valence electrons. The van der Waals surface area contributed by atoms with Gasteiger partial charge in [0.05, 0.1) is 6.54 Å². The Labute approximate surface area is 169 Å². The molecule has 8 heteroatoms. The molecular weight excluding hydrogens is 399 g/mol. The highest BCUT2D eigenvalue weighted by Crippen LogP contribution is 2.14. The molecule has 0 aliphatic heterocycles. The van der Waals surface area contributed by atoms with E-state index in [9.17, 15) is 17.6 Å². The van der Waals surface area contributed by atoms with Gasteiger partial charge < -0.3 is 5.32 Å². The van der Waals surface area contributed by atoms with E-state index in [-0.39, 0.29) is 13.0 Å². The maximum atomic E-state index is 13.9. The number of nitrogens with one attached hydrogen (secondary N) is 2. The summed E-state index contributed by atoms with van der Waals surface area (Å²) in [6, 6.07) is 13.3. The van der Waals surface area contributed by atoms with E-state index < -0.39 is 32.7 Å². The highest BCUT2D eigenvalue weighted by molar-refractivity contribution is 7.98. The average molecular weight is 421 g/mol. The van der Waals surface area contributed by atoms with Crippen LogP contribution >= 0.6 is 11.8 Å². The molecule has 0 unspecified atom stereocenters. The lowest BCUT2D eigenvalue weighted by atomic mass is 10.2. The lowest BCUT2D eigenvalue weighted by Crippen LogP contribution is -2.47. The van der Waals surface area contributed by atoms with Gasteiger partial charge in [0.1, 0.15) is 16.8 Å². The average Bonchev–Trinajstić information content (AvgIpc) is 2.69. The van der Waals surface area contributed by atoms with Gasteiger partial charge in [0, 0.05) is 5.56 Å². The van der Waals surface area contributed by atoms with Crippen molar-refractivity contribution in [1.82, 2.24) is 10.0 Å². The van der Waals surface area contributed by atoms with E-state index in [2.05, 4.69) is 21.9 Å². The minimum atomic E-state index is -4.17. The van der Waals surface area contributed by atoms with Gasteiger partial charge in [-0.15, -0.1) is 0 Å². The Bertz CT molecular complexity index is 954. The first-order valence-electron chi connectivity index (χ1n) is 8.51. The third-order valence-electron chi connectivity index (χ3n) is 3.71. The SMILES string of the molecule is CSCC[C@@H](NS(=O)(=O)c1ccccc1F)C(=O)NCC#Cc1ccccc1. The molecule has 0 fully saturated rings. The molecule has 0 saturated heterocycles. The van der Waals surface area contributed by atoms with Gasteiger partial charge in [-0.05, 0) is 42.7 Å². The van der Waals surface area contributed by atoms with Crippen LogP contribution in [0.15, 0.2) is 59.5 Å². The smallest absolute Gasteiger partial charge is 0.244 e. The number of amides is 1. The van der Waals surface area contributed by atoms with Gasteiger partial charge >= 0.3 is 0 Å². The maximum Gasteiger partial charge on any atom is 0.244 e. The van der Waals surface area contributed by atoms with E-state index in [1.54, 1.807) is 0 Å². The third kappa shape index (κ3) is 6.68. The summed E-state index contributed by atoms with van der Waals surface area (Å²) in [6.07, 6.45) is 2.12. The van der Waals surface area contributed by atoms with Crippen molar-refractivity contribution in [1.29, 1.82) is 0 Å². The molecule has 5 nitrogen and oxygen atoms in total. The summed E-state index contributed by atoms with van der Waals surface area (Å²) in [5.74, 6) is 4.92.